The van der Waals surface area contributed by atoms with Gasteiger partial charge in [0.25, 0.3) is 12.9 Å². The van der Waals surface area contributed by atoms with Crippen molar-refractivity contribution in [2.75, 3.05) is 66.7 Å². The normalized spacial score (nSPS) is 11.9. The Morgan fingerprint density at radius 3 is 1.34 bits per heavy atom. The highest BCUT2D eigenvalue weighted by molar-refractivity contribution is 5.75. The number of urea groups is 1. The molecule has 0 bridgehead atoms. The van der Waals surface area contributed by atoms with Crippen LogP contribution >= 0.6 is 0 Å². The molecule has 0 spiro atoms. The van der Waals surface area contributed by atoms with Gasteiger partial charge in [-0.3, -0.25) is 28.8 Å². The largest absolute Gasteiger partial charge is 0.464 e. The van der Waals surface area contributed by atoms with Crippen LogP contribution < -0.4 is 5.32 Å². The molecule has 0 aliphatic rings. The van der Waals surface area contributed by atoms with E-state index in [4.69, 9.17) is 28.4 Å². The third kappa shape index (κ3) is 32.3. The monoisotopic (exact) mass is 801 g/mol. The fourth-order valence-electron chi connectivity index (χ4n) is 5.48. The van der Waals surface area contributed by atoms with Crippen molar-refractivity contribution in [2.45, 2.75) is 148 Å². The van der Waals surface area contributed by atoms with Gasteiger partial charge in [-0.05, 0) is 52.7 Å². The summed E-state index contributed by atoms with van der Waals surface area (Å²) in [5, 5.41) is 2.87. The molecule has 1 N–H and O–H groups in total. The van der Waals surface area contributed by atoms with Gasteiger partial charge in [0.05, 0.1) is 0 Å². The van der Waals surface area contributed by atoms with Crippen molar-refractivity contribution in [3.05, 3.63) is 0 Å². The van der Waals surface area contributed by atoms with Crippen LogP contribution in [0.25, 0.3) is 0 Å². The molecule has 2 amide bonds. The molecule has 0 heterocycles. The molecule has 0 aromatic rings. The van der Waals surface area contributed by atoms with E-state index in [-0.39, 0.29) is 97.0 Å². The number of rotatable bonds is 38. The standard InChI is InChI=1S/C40H71N3O13/c1-5-7-9-11-13-15-20-36(46)53-30-34(28-51-32-44)55-38(48)22-17-26-43(40(50)41-24-19-25-42(3)4)27-18-23-39(49)56-35(29-52-33-45)31-54-37(47)21-16-14-12-10-8-6-2/h32-35H,5-31H2,1-4H3,(H,41,50). The number of carbonyl (C=O) groups excluding carboxylic acids is 7. The third-order valence-corrected chi connectivity index (χ3v) is 8.59. The highest BCUT2D eigenvalue weighted by atomic mass is 16.6. The van der Waals surface area contributed by atoms with E-state index in [0.29, 0.717) is 25.8 Å². The molecule has 0 aliphatic heterocycles. The Hall–Kier alpha value is -3.95. The van der Waals surface area contributed by atoms with Crippen LogP contribution in [0.5, 0.6) is 0 Å². The van der Waals surface area contributed by atoms with Gasteiger partial charge in [0.2, 0.25) is 0 Å². The second-order valence-electron chi connectivity index (χ2n) is 14.1. The summed E-state index contributed by atoms with van der Waals surface area (Å²) in [6.45, 7) is 5.16. The van der Waals surface area contributed by atoms with E-state index in [0.717, 1.165) is 70.8 Å². The molecular formula is C40H71N3O13. The quantitative estimate of drug-likeness (QED) is 0.0367. The topological polar surface area (TPSA) is 193 Å². The molecule has 16 nitrogen and oxygen atoms in total. The number of ether oxygens (including phenoxy) is 6. The average Bonchev–Trinajstić information content (AvgIpc) is 3.17. The van der Waals surface area contributed by atoms with Crippen LogP contribution in [0, 0.1) is 0 Å². The SMILES string of the molecule is CCCCCCCCC(=O)OCC(COC=O)OC(=O)CCCN(CCCC(=O)OC(COC=O)COC(=O)CCCCCCCC)C(=O)NCCCN(C)C. The summed E-state index contributed by atoms with van der Waals surface area (Å²) in [6, 6.07) is -0.366. The highest BCUT2D eigenvalue weighted by Gasteiger charge is 2.21. The minimum Gasteiger partial charge on any atom is -0.464 e. The van der Waals surface area contributed by atoms with Crippen LogP contribution in [0.3, 0.4) is 0 Å². The Bertz CT molecular complexity index is 1010. The van der Waals surface area contributed by atoms with Gasteiger partial charge in [-0.2, -0.15) is 0 Å². The molecule has 324 valence electrons. The molecule has 0 radical (unpaired) electrons. The summed E-state index contributed by atoms with van der Waals surface area (Å²) >= 11 is 0. The van der Waals surface area contributed by atoms with Crippen molar-refractivity contribution in [1.82, 2.24) is 15.1 Å². The van der Waals surface area contributed by atoms with Crippen LogP contribution in [-0.2, 0) is 57.2 Å². The van der Waals surface area contributed by atoms with E-state index in [1.54, 1.807) is 0 Å². The van der Waals surface area contributed by atoms with Gasteiger partial charge in [0.15, 0.2) is 12.2 Å². The Labute approximate surface area is 334 Å². The molecule has 16 heteroatoms. The summed E-state index contributed by atoms with van der Waals surface area (Å²) in [5.41, 5.74) is 0. The van der Waals surface area contributed by atoms with Gasteiger partial charge in [-0.25, -0.2) is 4.79 Å². The Morgan fingerprint density at radius 1 is 0.518 bits per heavy atom. The summed E-state index contributed by atoms with van der Waals surface area (Å²) in [7, 11) is 3.86. The Balaban J connectivity index is 5.02. The molecule has 0 aromatic heterocycles. The number of carbonyl (C=O) groups is 7. The van der Waals surface area contributed by atoms with Crippen LogP contribution in [0.15, 0.2) is 0 Å². The van der Waals surface area contributed by atoms with Gasteiger partial charge in [-0.1, -0.05) is 78.1 Å². The lowest BCUT2D eigenvalue weighted by molar-refractivity contribution is -0.164. The Morgan fingerprint density at radius 2 is 0.929 bits per heavy atom. The van der Waals surface area contributed by atoms with Crippen molar-refractivity contribution in [2.24, 2.45) is 0 Å². The van der Waals surface area contributed by atoms with Gasteiger partial charge in [0, 0.05) is 45.3 Å². The van der Waals surface area contributed by atoms with Gasteiger partial charge >= 0.3 is 29.9 Å². The molecular weight excluding hydrogens is 730 g/mol. The number of unbranched alkanes of at least 4 members (excludes halogenated alkanes) is 10. The lowest BCUT2D eigenvalue weighted by Crippen LogP contribution is -2.42. The maximum Gasteiger partial charge on any atom is 0.317 e. The fraction of sp³-hybridized carbons (Fsp3) is 0.825. The average molecular weight is 802 g/mol. The van der Waals surface area contributed by atoms with E-state index in [1.807, 2.05) is 19.0 Å². The van der Waals surface area contributed by atoms with Crippen molar-refractivity contribution < 1.29 is 62.0 Å². The second kappa shape index (κ2) is 36.7. The predicted octanol–water partition coefficient (Wildman–Crippen LogP) is 5.27. The number of nitrogens with zero attached hydrogens (tertiary/aromatic N) is 2. The maximum atomic E-state index is 13.1. The van der Waals surface area contributed by atoms with Crippen molar-refractivity contribution in [1.29, 1.82) is 0 Å². The predicted molar refractivity (Wildman–Crippen MR) is 208 cm³/mol. The number of amides is 2. The lowest BCUT2D eigenvalue weighted by atomic mass is 10.1. The molecule has 0 aromatic carbocycles. The number of hydrogen-bond acceptors (Lipinski definition) is 14. The van der Waals surface area contributed by atoms with E-state index in [2.05, 4.69) is 19.2 Å². The summed E-state index contributed by atoms with van der Waals surface area (Å²) in [5.74, 6) is -2.09. The van der Waals surface area contributed by atoms with Crippen molar-refractivity contribution in [3.8, 4) is 0 Å². The molecule has 56 heavy (non-hydrogen) atoms. The summed E-state index contributed by atoms with van der Waals surface area (Å²) in [6.07, 6.45) is 11.8. The van der Waals surface area contributed by atoms with Gasteiger partial charge in [0.1, 0.15) is 26.4 Å². The Kier molecular flexibility index (Phi) is 34.1. The van der Waals surface area contributed by atoms with E-state index in [9.17, 15) is 33.6 Å². The lowest BCUT2D eigenvalue weighted by Gasteiger charge is -2.24. The number of hydrogen-bond donors (Lipinski definition) is 1. The highest BCUT2D eigenvalue weighted by Crippen LogP contribution is 2.11. The number of esters is 4. The summed E-state index contributed by atoms with van der Waals surface area (Å²) in [4.78, 5) is 87.9. The van der Waals surface area contributed by atoms with Crippen LogP contribution in [0.2, 0.25) is 0 Å². The maximum absolute atomic E-state index is 13.1. The fourth-order valence-corrected chi connectivity index (χ4v) is 5.48. The molecule has 0 saturated carbocycles. The minimum atomic E-state index is -0.979. The molecule has 0 rings (SSSR count). The van der Waals surface area contributed by atoms with E-state index < -0.39 is 36.1 Å². The molecule has 0 saturated heterocycles. The molecule has 2 unspecified atom stereocenters. The van der Waals surface area contributed by atoms with Gasteiger partial charge < -0.3 is 43.5 Å². The molecule has 2 atom stereocenters. The summed E-state index contributed by atoms with van der Waals surface area (Å²) < 4.78 is 30.9. The first kappa shape index (κ1) is 52.0. The smallest absolute Gasteiger partial charge is 0.317 e. The first-order valence-electron chi connectivity index (χ1n) is 20.5. The van der Waals surface area contributed by atoms with E-state index in [1.165, 1.54) is 4.90 Å². The second-order valence-corrected chi connectivity index (χ2v) is 14.1. The van der Waals surface area contributed by atoms with Gasteiger partial charge in [-0.15, -0.1) is 0 Å². The van der Waals surface area contributed by atoms with E-state index >= 15 is 0 Å². The third-order valence-electron chi connectivity index (χ3n) is 8.59. The zero-order valence-electron chi connectivity index (χ0n) is 34.6. The zero-order chi connectivity index (χ0) is 41.7. The van der Waals surface area contributed by atoms with Crippen molar-refractivity contribution >= 4 is 42.9 Å². The van der Waals surface area contributed by atoms with Crippen LogP contribution in [0.1, 0.15) is 136 Å². The first-order valence-corrected chi connectivity index (χ1v) is 20.5. The van der Waals surface area contributed by atoms with Crippen molar-refractivity contribution in [3.63, 3.8) is 0 Å². The minimum absolute atomic E-state index is 0.0776. The van der Waals surface area contributed by atoms with Crippen LogP contribution in [0.4, 0.5) is 4.79 Å². The molecule has 0 aliphatic carbocycles. The number of nitrogens with one attached hydrogen (secondary N) is 1. The first-order chi connectivity index (χ1) is 27.1. The van der Waals surface area contributed by atoms with Crippen LogP contribution in [-0.4, -0.2) is 132 Å². The molecule has 0 fully saturated rings. The zero-order valence-corrected chi connectivity index (χ0v) is 34.6.